The lowest BCUT2D eigenvalue weighted by Gasteiger charge is -2.34. The van der Waals surface area contributed by atoms with Crippen LogP contribution in [-0.2, 0) is 0 Å². The molecule has 5 rings (SSSR count). The lowest BCUT2D eigenvalue weighted by molar-refractivity contribution is 0.0948. The van der Waals surface area contributed by atoms with Crippen molar-refractivity contribution in [3.8, 4) is 5.75 Å². The van der Waals surface area contributed by atoms with E-state index in [4.69, 9.17) is 4.74 Å². The summed E-state index contributed by atoms with van der Waals surface area (Å²) in [5.74, 6) is 1.21. The first-order valence-corrected chi connectivity index (χ1v) is 13.8. The third-order valence-corrected chi connectivity index (χ3v) is 7.71. The first kappa shape index (κ1) is 25.5. The summed E-state index contributed by atoms with van der Waals surface area (Å²) in [7, 11) is 0. The second-order valence-electron chi connectivity index (χ2n) is 10.3. The van der Waals surface area contributed by atoms with Gasteiger partial charge in [0.25, 0.3) is 5.91 Å². The van der Waals surface area contributed by atoms with Crippen LogP contribution in [0.3, 0.4) is 0 Å². The molecule has 0 unspecified atom stereocenters. The maximum atomic E-state index is 12.5. The van der Waals surface area contributed by atoms with Crippen molar-refractivity contribution in [3.63, 3.8) is 0 Å². The number of carbonyl (C=O) groups excluding carboxylic acids is 1. The van der Waals surface area contributed by atoms with Gasteiger partial charge in [0.15, 0.2) is 0 Å². The van der Waals surface area contributed by atoms with Crippen molar-refractivity contribution in [2.24, 2.45) is 0 Å². The maximum Gasteiger partial charge on any atom is 0.251 e. The molecule has 0 aromatic heterocycles. The van der Waals surface area contributed by atoms with Crippen molar-refractivity contribution in [3.05, 3.63) is 102 Å². The SMILES string of the molecule is O=C(NCCN1CCCC1)c1ccc(OC2CCN(CC(c3ccccc3)c3ccccc3)CC2)cc1. The van der Waals surface area contributed by atoms with Gasteiger partial charge in [0.05, 0.1) is 0 Å². The van der Waals surface area contributed by atoms with E-state index in [-0.39, 0.29) is 12.0 Å². The molecule has 5 heteroatoms. The van der Waals surface area contributed by atoms with E-state index in [2.05, 4.69) is 75.8 Å². The first-order chi connectivity index (χ1) is 18.2. The van der Waals surface area contributed by atoms with Gasteiger partial charge in [0.1, 0.15) is 11.9 Å². The van der Waals surface area contributed by atoms with Crippen molar-refractivity contribution in [1.29, 1.82) is 0 Å². The number of piperidine rings is 1. The number of nitrogens with zero attached hydrogens (tertiary/aromatic N) is 2. The Hall–Kier alpha value is -3.15. The zero-order valence-electron chi connectivity index (χ0n) is 21.7. The fraction of sp³-hybridized carbons (Fsp3) is 0.406. The third kappa shape index (κ3) is 7.21. The number of benzene rings is 3. The largest absolute Gasteiger partial charge is 0.490 e. The average molecular weight is 498 g/mol. The van der Waals surface area contributed by atoms with Gasteiger partial charge < -0.3 is 19.9 Å². The van der Waals surface area contributed by atoms with Crippen LogP contribution in [-0.4, -0.2) is 67.6 Å². The molecule has 1 amide bonds. The predicted molar refractivity (Wildman–Crippen MR) is 149 cm³/mol. The number of hydrogen-bond acceptors (Lipinski definition) is 4. The summed E-state index contributed by atoms with van der Waals surface area (Å²) >= 11 is 0. The van der Waals surface area contributed by atoms with Gasteiger partial charge in [0.2, 0.25) is 0 Å². The van der Waals surface area contributed by atoms with Crippen LogP contribution in [0.1, 0.15) is 53.1 Å². The van der Waals surface area contributed by atoms with Crippen LogP contribution in [0, 0.1) is 0 Å². The molecule has 0 atom stereocenters. The highest BCUT2D eigenvalue weighted by molar-refractivity contribution is 5.94. The van der Waals surface area contributed by atoms with Crippen molar-refractivity contribution in [2.45, 2.75) is 37.7 Å². The summed E-state index contributed by atoms with van der Waals surface area (Å²) in [6, 6.07) is 29.3. The molecule has 2 heterocycles. The monoisotopic (exact) mass is 497 g/mol. The number of carbonyl (C=O) groups is 1. The van der Waals surface area contributed by atoms with E-state index >= 15 is 0 Å². The standard InChI is InChI=1S/C32H39N3O2/c36-32(33-19-24-34-20-7-8-21-34)28-13-15-29(16-14-28)37-30-17-22-35(23-18-30)25-31(26-9-3-1-4-10-26)27-11-5-2-6-12-27/h1-6,9-16,30-31H,7-8,17-25H2,(H,33,36). The number of likely N-dealkylation sites (tertiary alicyclic amines) is 2. The molecule has 2 aliphatic rings. The van der Waals surface area contributed by atoms with Gasteiger partial charge in [0, 0.05) is 44.2 Å². The summed E-state index contributed by atoms with van der Waals surface area (Å²) in [5.41, 5.74) is 3.43. The van der Waals surface area contributed by atoms with Gasteiger partial charge in [-0.1, -0.05) is 60.7 Å². The zero-order chi connectivity index (χ0) is 25.3. The van der Waals surface area contributed by atoms with Crippen LogP contribution in [0.5, 0.6) is 5.75 Å². The lowest BCUT2D eigenvalue weighted by Crippen LogP contribution is -2.40. The van der Waals surface area contributed by atoms with E-state index in [9.17, 15) is 4.79 Å². The zero-order valence-corrected chi connectivity index (χ0v) is 21.7. The summed E-state index contributed by atoms with van der Waals surface area (Å²) in [4.78, 5) is 17.5. The van der Waals surface area contributed by atoms with Gasteiger partial charge in [-0.05, 0) is 74.2 Å². The Morgan fingerprint density at radius 3 is 1.97 bits per heavy atom. The van der Waals surface area contributed by atoms with Crippen molar-refractivity contribution >= 4 is 5.91 Å². The van der Waals surface area contributed by atoms with Crippen LogP contribution in [0.15, 0.2) is 84.9 Å². The van der Waals surface area contributed by atoms with E-state index in [0.29, 0.717) is 18.0 Å². The average Bonchev–Trinajstić information content (AvgIpc) is 3.47. The highest BCUT2D eigenvalue weighted by Gasteiger charge is 2.24. The minimum Gasteiger partial charge on any atom is -0.490 e. The Bertz CT molecular complexity index is 1050. The highest BCUT2D eigenvalue weighted by atomic mass is 16.5. The van der Waals surface area contributed by atoms with E-state index in [1.165, 1.54) is 24.0 Å². The fourth-order valence-electron chi connectivity index (χ4n) is 5.56. The molecule has 2 aliphatic heterocycles. The van der Waals surface area contributed by atoms with E-state index < -0.39 is 0 Å². The second kappa shape index (κ2) is 12.9. The van der Waals surface area contributed by atoms with Gasteiger partial charge >= 0.3 is 0 Å². The minimum absolute atomic E-state index is 0.00885. The summed E-state index contributed by atoms with van der Waals surface area (Å²) < 4.78 is 6.30. The molecule has 2 fully saturated rings. The molecular formula is C32H39N3O2. The number of nitrogens with one attached hydrogen (secondary N) is 1. The molecule has 0 bridgehead atoms. The van der Waals surface area contributed by atoms with Gasteiger partial charge in [-0.3, -0.25) is 4.79 Å². The molecule has 3 aromatic rings. The Kier molecular flexibility index (Phi) is 8.88. The Morgan fingerprint density at radius 2 is 1.38 bits per heavy atom. The quantitative estimate of drug-likeness (QED) is 0.419. The Labute approximate surface area is 221 Å². The lowest BCUT2D eigenvalue weighted by atomic mass is 9.90. The molecule has 0 saturated carbocycles. The molecule has 0 spiro atoms. The molecule has 5 nitrogen and oxygen atoms in total. The maximum absolute atomic E-state index is 12.5. The van der Waals surface area contributed by atoms with Crippen LogP contribution >= 0.6 is 0 Å². The van der Waals surface area contributed by atoms with Crippen LogP contribution < -0.4 is 10.1 Å². The Balaban J connectivity index is 1.09. The first-order valence-electron chi connectivity index (χ1n) is 13.8. The van der Waals surface area contributed by atoms with E-state index in [1.54, 1.807) is 0 Å². The third-order valence-electron chi connectivity index (χ3n) is 7.71. The summed E-state index contributed by atoms with van der Waals surface area (Å²) in [6.45, 7) is 7.01. The smallest absolute Gasteiger partial charge is 0.251 e. The number of hydrogen-bond donors (Lipinski definition) is 1. The van der Waals surface area contributed by atoms with E-state index in [1.807, 2.05) is 24.3 Å². The van der Waals surface area contributed by atoms with Gasteiger partial charge in [-0.15, -0.1) is 0 Å². The van der Waals surface area contributed by atoms with Crippen LogP contribution in [0.4, 0.5) is 0 Å². The van der Waals surface area contributed by atoms with E-state index in [0.717, 1.165) is 57.9 Å². The predicted octanol–water partition coefficient (Wildman–Crippen LogP) is 5.19. The molecule has 2 saturated heterocycles. The topological polar surface area (TPSA) is 44.8 Å². The van der Waals surface area contributed by atoms with Crippen molar-refractivity contribution in [2.75, 3.05) is 45.8 Å². The minimum atomic E-state index is -0.00885. The molecule has 0 aliphatic carbocycles. The molecule has 1 N–H and O–H groups in total. The van der Waals surface area contributed by atoms with Crippen molar-refractivity contribution < 1.29 is 9.53 Å². The normalized spacial score (nSPS) is 17.2. The molecular weight excluding hydrogens is 458 g/mol. The Morgan fingerprint density at radius 1 is 0.784 bits per heavy atom. The number of ether oxygens (including phenoxy) is 1. The van der Waals surface area contributed by atoms with Crippen LogP contribution in [0.2, 0.25) is 0 Å². The number of rotatable bonds is 10. The molecule has 3 aromatic carbocycles. The molecule has 0 radical (unpaired) electrons. The second-order valence-corrected chi connectivity index (χ2v) is 10.3. The summed E-state index contributed by atoms with van der Waals surface area (Å²) in [5, 5.41) is 3.04. The fourth-order valence-corrected chi connectivity index (χ4v) is 5.56. The summed E-state index contributed by atoms with van der Waals surface area (Å²) in [6.07, 6.45) is 4.78. The van der Waals surface area contributed by atoms with Gasteiger partial charge in [-0.25, -0.2) is 0 Å². The molecule has 194 valence electrons. The van der Waals surface area contributed by atoms with Gasteiger partial charge in [-0.2, -0.15) is 0 Å². The molecule has 37 heavy (non-hydrogen) atoms. The van der Waals surface area contributed by atoms with Crippen molar-refractivity contribution in [1.82, 2.24) is 15.1 Å². The number of amides is 1. The highest BCUT2D eigenvalue weighted by Crippen LogP contribution is 2.28. The van der Waals surface area contributed by atoms with Crippen LogP contribution in [0.25, 0.3) is 0 Å².